The second kappa shape index (κ2) is 7.28. The number of rotatable bonds is 6. The van der Waals surface area contributed by atoms with Crippen molar-refractivity contribution < 1.29 is 4.74 Å². The molecule has 0 aromatic rings. The van der Waals surface area contributed by atoms with E-state index in [0.29, 0.717) is 11.6 Å². The third kappa shape index (κ3) is 3.31. The lowest BCUT2D eigenvalue weighted by Gasteiger charge is -2.48. The largest absolute Gasteiger partial charge is 0.379 e. The van der Waals surface area contributed by atoms with E-state index in [1.807, 2.05) is 0 Å². The quantitative estimate of drug-likeness (QED) is 0.587. The molecule has 2 rings (SSSR count). The van der Waals surface area contributed by atoms with Crippen molar-refractivity contribution in [3.8, 4) is 12.3 Å². The van der Waals surface area contributed by atoms with Crippen molar-refractivity contribution in [2.45, 2.75) is 56.5 Å². The van der Waals surface area contributed by atoms with Crippen LogP contribution in [0.3, 0.4) is 0 Å². The zero-order valence-electron chi connectivity index (χ0n) is 12.3. The average Bonchev–Trinajstić information content (AvgIpc) is 2.95. The summed E-state index contributed by atoms with van der Waals surface area (Å²) in [5.74, 6) is 2.77. The highest BCUT2D eigenvalue weighted by Gasteiger charge is 2.45. The van der Waals surface area contributed by atoms with Crippen LogP contribution in [-0.4, -0.2) is 49.8 Å². The Kier molecular flexibility index (Phi) is 5.69. The van der Waals surface area contributed by atoms with Crippen LogP contribution in [0.4, 0.5) is 0 Å². The molecule has 0 bridgehead atoms. The van der Waals surface area contributed by atoms with Crippen LogP contribution in [0.2, 0.25) is 0 Å². The Balaban J connectivity index is 2.05. The number of terminal acetylenes is 1. The Hall–Kier alpha value is -0.560. The predicted octanol–water partition coefficient (Wildman–Crippen LogP) is 2.02. The molecule has 2 fully saturated rings. The maximum absolute atomic E-state index is 5.53. The molecule has 0 aromatic heterocycles. The van der Waals surface area contributed by atoms with Crippen molar-refractivity contribution in [2.75, 3.05) is 33.4 Å². The van der Waals surface area contributed by atoms with E-state index in [-0.39, 0.29) is 0 Å². The van der Waals surface area contributed by atoms with Gasteiger partial charge in [0.2, 0.25) is 0 Å². The van der Waals surface area contributed by atoms with E-state index in [4.69, 9.17) is 11.2 Å². The smallest absolute Gasteiger partial charge is 0.0594 e. The fourth-order valence-corrected chi connectivity index (χ4v) is 3.97. The van der Waals surface area contributed by atoms with Crippen molar-refractivity contribution >= 4 is 0 Å². The third-order valence-electron chi connectivity index (χ3n) is 4.92. The molecule has 1 aliphatic carbocycles. The predicted molar refractivity (Wildman–Crippen MR) is 79.1 cm³/mol. The zero-order chi connectivity index (χ0) is 13.6. The van der Waals surface area contributed by atoms with E-state index in [1.165, 1.54) is 32.1 Å². The van der Waals surface area contributed by atoms with Gasteiger partial charge in [0.1, 0.15) is 0 Å². The molecule has 1 unspecified atom stereocenters. The molecule has 0 spiro atoms. The van der Waals surface area contributed by atoms with Crippen LogP contribution in [-0.2, 0) is 4.74 Å². The molecule has 1 saturated heterocycles. The lowest BCUT2D eigenvalue weighted by Crippen LogP contribution is -2.61. The summed E-state index contributed by atoms with van der Waals surface area (Å²) in [5.41, 5.74) is 0.354. The van der Waals surface area contributed by atoms with Crippen LogP contribution < -0.4 is 5.32 Å². The van der Waals surface area contributed by atoms with E-state index >= 15 is 0 Å². The van der Waals surface area contributed by atoms with Gasteiger partial charge in [0.15, 0.2) is 0 Å². The van der Waals surface area contributed by atoms with Crippen molar-refractivity contribution in [3.05, 3.63) is 0 Å². The summed E-state index contributed by atoms with van der Waals surface area (Å²) in [6, 6.07) is 0.571. The van der Waals surface area contributed by atoms with Crippen LogP contribution >= 0.6 is 0 Å². The number of ether oxygens (including phenoxy) is 1. The summed E-state index contributed by atoms with van der Waals surface area (Å²) in [4.78, 5) is 2.69. The van der Waals surface area contributed by atoms with E-state index < -0.39 is 0 Å². The van der Waals surface area contributed by atoms with Gasteiger partial charge in [-0.15, -0.1) is 12.3 Å². The normalized spacial score (nSPS) is 25.1. The molecule has 1 N–H and O–H groups in total. The first-order valence-corrected chi connectivity index (χ1v) is 7.77. The van der Waals surface area contributed by atoms with Crippen LogP contribution in [0.1, 0.15) is 44.9 Å². The summed E-state index contributed by atoms with van der Waals surface area (Å²) in [5, 5.41) is 3.59. The number of nitrogens with zero attached hydrogens (tertiary/aromatic N) is 1. The molecule has 3 nitrogen and oxygen atoms in total. The number of nitrogens with one attached hydrogen (secondary N) is 1. The van der Waals surface area contributed by atoms with Crippen LogP contribution in [0.15, 0.2) is 0 Å². The van der Waals surface area contributed by atoms with Gasteiger partial charge >= 0.3 is 0 Å². The lowest BCUT2D eigenvalue weighted by atomic mass is 9.83. The van der Waals surface area contributed by atoms with Gasteiger partial charge in [0, 0.05) is 31.1 Å². The SMILES string of the molecule is C#CCCCC(NC)C1(N2CCOCC2)CCCC1. The summed E-state index contributed by atoms with van der Waals surface area (Å²) in [6.07, 6.45) is 14.0. The van der Waals surface area contributed by atoms with Gasteiger partial charge in [-0.25, -0.2) is 0 Å². The van der Waals surface area contributed by atoms with E-state index in [1.54, 1.807) is 0 Å². The molecule has 0 aromatic carbocycles. The fraction of sp³-hybridized carbons (Fsp3) is 0.875. The fourth-order valence-electron chi connectivity index (χ4n) is 3.97. The van der Waals surface area contributed by atoms with E-state index in [9.17, 15) is 0 Å². The molecule has 108 valence electrons. The van der Waals surface area contributed by atoms with Crippen molar-refractivity contribution in [1.29, 1.82) is 0 Å². The first-order valence-electron chi connectivity index (χ1n) is 7.77. The minimum Gasteiger partial charge on any atom is -0.379 e. The number of hydrogen-bond acceptors (Lipinski definition) is 3. The molecule has 3 heteroatoms. The summed E-state index contributed by atoms with van der Waals surface area (Å²) in [6.45, 7) is 3.96. The molecule has 0 amide bonds. The molecule has 0 radical (unpaired) electrons. The average molecular weight is 264 g/mol. The highest BCUT2D eigenvalue weighted by molar-refractivity contribution is 5.04. The molecule has 2 aliphatic rings. The topological polar surface area (TPSA) is 24.5 Å². The van der Waals surface area contributed by atoms with Gasteiger partial charge in [-0.05, 0) is 32.7 Å². The maximum atomic E-state index is 5.53. The van der Waals surface area contributed by atoms with Crippen LogP contribution in [0.5, 0.6) is 0 Å². The van der Waals surface area contributed by atoms with Crippen LogP contribution in [0, 0.1) is 12.3 Å². The summed E-state index contributed by atoms with van der Waals surface area (Å²) in [7, 11) is 2.11. The number of likely N-dealkylation sites (N-methyl/N-ethyl adjacent to an activating group) is 1. The van der Waals surface area contributed by atoms with Gasteiger partial charge in [0.25, 0.3) is 0 Å². The van der Waals surface area contributed by atoms with Crippen molar-refractivity contribution in [2.24, 2.45) is 0 Å². The molecule has 1 saturated carbocycles. The Morgan fingerprint density at radius 3 is 2.58 bits per heavy atom. The first-order chi connectivity index (χ1) is 9.33. The van der Waals surface area contributed by atoms with Crippen molar-refractivity contribution in [1.82, 2.24) is 10.2 Å². The van der Waals surface area contributed by atoms with Gasteiger partial charge in [-0.1, -0.05) is 12.8 Å². The second-order valence-electron chi connectivity index (χ2n) is 5.85. The molecule has 1 aliphatic heterocycles. The molecule has 1 atom stereocenters. The molecular formula is C16H28N2O. The molecular weight excluding hydrogens is 236 g/mol. The Labute approximate surface area is 118 Å². The minimum absolute atomic E-state index is 0.354. The third-order valence-corrected chi connectivity index (χ3v) is 4.92. The van der Waals surface area contributed by atoms with Gasteiger partial charge < -0.3 is 10.1 Å². The highest BCUT2D eigenvalue weighted by atomic mass is 16.5. The van der Waals surface area contributed by atoms with Crippen molar-refractivity contribution in [3.63, 3.8) is 0 Å². The Morgan fingerprint density at radius 2 is 2.00 bits per heavy atom. The number of morpholine rings is 1. The van der Waals surface area contributed by atoms with Crippen LogP contribution in [0.25, 0.3) is 0 Å². The summed E-state index contributed by atoms with van der Waals surface area (Å²) >= 11 is 0. The van der Waals surface area contributed by atoms with E-state index in [0.717, 1.165) is 39.1 Å². The summed E-state index contributed by atoms with van der Waals surface area (Å²) < 4.78 is 5.53. The molecule has 19 heavy (non-hydrogen) atoms. The number of unbranched alkanes of at least 4 members (excludes halogenated alkanes) is 1. The monoisotopic (exact) mass is 264 g/mol. The van der Waals surface area contributed by atoms with Gasteiger partial charge in [-0.3, -0.25) is 4.90 Å². The Bertz CT molecular complexity index is 298. The molecule has 1 heterocycles. The zero-order valence-corrected chi connectivity index (χ0v) is 12.3. The highest BCUT2D eigenvalue weighted by Crippen LogP contribution is 2.40. The van der Waals surface area contributed by atoms with Gasteiger partial charge in [-0.2, -0.15) is 0 Å². The lowest BCUT2D eigenvalue weighted by molar-refractivity contribution is -0.0360. The first kappa shape index (κ1) is 14.8. The number of hydrogen-bond donors (Lipinski definition) is 1. The van der Waals surface area contributed by atoms with E-state index in [2.05, 4.69) is 23.2 Å². The maximum Gasteiger partial charge on any atom is 0.0594 e. The Morgan fingerprint density at radius 1 is 1.32 bits per heavy atom. The standard InChI is InChI=1S/C16H28N2O/c1-3-4-5-8-15(17-2)16(9-6-7-10-16)18-11-13-19-14-12-18/h1,15,17H,4-14H2,2H3. The second-order valence-corrected chi connectivity index (χ2v) is 5.85. The van der Waals surface area contributed by atoms with Gasteiger partial charge in [0.05, 0.1) is 13.2 Å². The minimum atomic E-state index is 0.354.